The molecule has 1 aliphatic heterocycles. The van der Waals surface area contributed by atoms with Crippen molar-refractivity contribution < 1.29 is 18.0 Å². The number of amides is 2. The number of carbonyl (C=O) groups excluding carboxylic acids is 2. The van der Waals surface area contributed by atoms with E-state index in [-0.39, 0.29) is 22.6 Å². The third kappa shape index (κ3) is 4.73. The molecule has 3 aromatic rings. The Labute approximate surface area is 184 Å². The largest absolute Gasteiger partial charge is 0.351 e. The summed E-state index contributed by atoms with van der Waals surface area (Å²) in [5.74, 6) is -0.496. The second-order valence-corrected chi connectivity index (χ2v) is 9.54. The van der Waals surface area contributed by atoms with Gasteiger partial charge in [-0.2, -0.15) is 0 Å². The SMILES string of the molecule is NS(=O)(=O)c1ccc(NC(=O)C2CCN(C(=O)c3cc4cc(Cl)ccc4[nH]3)CC2)cc1. The van der Waals surface area contributed by atoms with Crippen LogP contribution in [0.2, 0.25) is 5.02 Å². The van der Waals surface area contributed by atoms with E-state index in [2.05, 4.69) is 10.3 Å². The Kier molecular flexibility index (Phi) is 5.74. The smallest absolute Gasteiger partial charge is 0.270 e. The molecule has 4 N–H and O–H groups in total. The van der Waals surface area contributed by atoms with E-state index in [9.17, 15) is 18.0 Å². The molecule has 1 aromatic heterocycles. The van der Waals surface area contributed by atoms with Crippen molar-refractivity contribution in [2.75, 3.05) is 18.4 Å². The highest BCUT2D eigenvalue weighted by Gasteiger charge is 2.28. The highest BCUT2D eigenvalue weighted by atomic mass is 35.5. The van der Waals surface area contributed by atoms with E-state index in [1.54, 1.807) is 23.1 Å². The molecule has 8 nitrogen and oxygen atoms in total. The summed E-state index contributed by atoms with van der Waals surface area (Å²) in [5.41, 5.74) is 1.83. The minimum Gasteiger partial charge on any atom is -0.351 e. The third-order valence-corrected chi connectivity index (χ3v) is 6.58. The average molecular weight is 461 g/mol. The molecule has 10 heteroatoms. The van der Waals surface area contributed by atoms with Gasteiger partial charge in [0.2, 0.25) is 15.9 Å². The lowest BCUT2D eigenvalue weighted by Gasteiger charge is -2.31. The Morgan fingerprint density at radius 2 is 1.74 bits per heavy atom. The van der Waals surface area contributed by atoms with Crippen molar-refractivity contribution in [2.45, 2.75) is 17.7 Å². The number of fused-ring (bicyclic) bond motifs is 1. The molecule has 2 amide bonds. The van der Waals surface area contributed by atoms with Gasteiger partial charge in [-0.1, -0.05) is 11.6 Å². The number of likely N-dealkylation sites (tertiary alicyclic amines) is 1. The van der Waals surface area contributed by atoms with Gasteiger partial charge in [-0.05, 0) is 61.4 Å². The zero-order chi connectivity index (χ0) is 22.2. The first kappa shape index (κ1) is 21.4. The van der Waals surface area contributed by atoms with Crippen molar-refractivity contribution in [3.63, 3.8) is 0 Å². The monoisotopic (exact) mass is 460 g/mol. The van der Waals surface area contributed by atoms with Gasteiger partial charge in [-0.15, -0.1) is 0 Å². The Hall–Kier alpha value is -2.88. The fourth-order valence-electron chi connectivity index (χ4n) is 3.71. The molecule has 4 rings (SSSR count). The van der Waals surface area contributed by atoms with E-state index in [4.69, 9.17) is 16.7 Å². The molecule has 31 heavy (non-hydrogen) atoms. The molecule has 2 heterocycles. The van der Waals surface area contributed by atoms with Crippen LogP contribution in [0.3, 0.4) is 0 Å². The summed E-state index contributed by atoms with van der Waals surface area (Å²) in [4.78, 5) is 30.2. The first-order valence-electron chi connectivity index (χ1n) is 9.72. The van der Waals surface area contributed by atoms with Gasteiger partial charge in [-0.25, -0.2) is 13.6 Å². The lowest BCUT2D eigenvalue weighted by Crippen LogP contribution is -2.41. The van der Waals surface area contributed by atoms with Crippen LogP contribution in [0.5, 0.6) is 0 Å². The van der Waals surface area contributed by atoms with E-state index < -0.39 is 10.0 Å². The van der Waals surface area contributed by atoms with Crippen LogP contribution in [0, 0.1) is 5.92 Å². The highest BCUT2D eigenvalue weighted by Crippen LogP contribution is 2.24. The lowest BCUT2D eigenvalue weighted by molar-refractivity contribution is -0.121. The summed E-state index contributed by atoms with van der Waals surface area (Å²) in [5, 5.41) is 9.35. The molecule has 0 bridgehead atoms. The van der Waals surface area contributed by atoms with Crippen LogP contribution in [0.15, 0.2) is 53.4 Å². The maximum Gasteiger partial charge on any atom is 0.270 e. The average Bonchev–Trinajstić information content (AvgIpc) is 3.16. The first-order valence-corrected chi connectivity index (χ1v) is 11.6. The summed E-state index contributed by atoms with van der Waals surface area (Å²) in [6.07, 6.45) is 1.08. The second-order valence-electron chi connectivity index (χ2n) is 7.54. The molecule has 0 atom stereocenters. The molecular formula is C21H21ClN4O4S. The van der Waals surface area contributed by atoms with Crippen LogP contribution in [0.1, 0.15) is 23.3 Å². The van der Waals surface area contributed by atoms with Gasteiger partial charge in [0, 0.05) is 40.6 Å². The third-order valence-electron chi connectivity index (χ3n) is 5.42. The van der Waals surface area contributed by atoms with Gasteiger partial charge < -0.3 is 15.2 Å². The van der Waals surface area contributed by atoms with Crippen molar-refractivity contribution >= 4 is 50.0 Å². The predicted octanol–water partition coefficient (Wildman–Crippen LogP) is 2.96. The molecule has 2 aromatic carbocycles. The van der Waals surface area contributed by atoms with Gasteiger partial charge in [-0.3, -0.25) is 9.59 Å². The maximum absolute atomic E-state index is 12.8. The number of primary sulfonamides is 1. The van der Waals surface area contributed by atoms with E-state index in [0.717, 1.165) is 10.9 Å². The van der Waals surface area contributed by atoms with Crippen LogP contribution in [0.4, 0.5) is 5.69 Å². The molecule has 162 valence electrons. The summed E-state index contributed by atoms with van der Waals surface area (Å²) in [6, 6.07) is 12.9. The highest BCUT2D eigenvalue weighted by molar-refractivity contribution is 7.89. The Morgan fingerprint density at radius 3 is 2.39 bits per heavy atom. The van der Waals surface area contributed by atoms with Crippen LogP contribution in [-0.4, -0.2) is 43.2 Å². The van der Waals surface area contributed by atoms with Gasteiger partial charge in [0.1, 0.15) is 5.69 Å². The van der Waals surface area contributed by atoms with Gasteiger partial charge in [0.15, 0.2) is 0 Å². The van der Waals surface area contributed by atoms with E-state index in [1.807, 2.05) is 6.07 Å². The number of benzene rings is 2. The normalized spacial score (nSPS) is 15.2. The summed E-state index contributed by atoms with van der Waals surface area (Å²) in [6.45, 7) is 0.939. The molecule has 0 radical (unpaired) electrons. The molecule has 0 saturated carbocycles. The summed E-state index contributed by atoms with van der Waals surface area (Å²) in [7, 11) is -3.78. The number of sulfonamides is 1. The van der Waals surface area contributed by atoms with Crippen molar-refractivity contribution in [2.24, 2.45) is 11.1 Å². The number of rotatable bonds is 4. The van der Waals surface area contributed by atoms with Crippen molar-refractivity contribution in [1.29, 1.82) is 0 Å². The van der Waals surface area contributed by atoms with Crippen molar-refractivity contribution in [1.82, 2.24) is 9.88 Å². The van der Waals surface area contributed by atoms with Gasteiger partial charge >= 0.3 is 0 Å². The lowest BCUT2D eigenvalue weighted by atomic mass is 9.95. The summed E-state index contributed by atoms with van der Waals surface area (Å²) < 4.78 is 22.6. The van der Waals surface area contributed by atoms with Crippen molar-refractivity contribution in [3.05, 3.63) is 59.2 Å². The molecule has 0 unspecified atom stereocenters. The number of piperidine rings is 1. The van der Waals surface area contributed by atoms with Gasteiger partial charge in [0.05, 0.1) is 4.90 Å². The standard InChI is InChI=1S/C21H21ClN4O4S/c22-15-1-6-18-14(11-15)12-19(25-18)21(28)26-9-7-13(8-10-26)20(27)24-16-2-4-17(5-3-16)31(23,29)30/h1-6,11-13,25H,7-10H2,(H,24,27)(H2,23,29,30). The number of aromatic nitrogens is 1. The predicted molar refractivity (Wildman–Crippen MR) is 118 cm³/mol. The quantitative estimate of drug-likeness (QED) is 0.553. The number of aromatic amines is 1. The Bertz CT molecular complexity index is 1250. The minimum absolute atomic E-state index is 0.0171. The Morgan fingerprint density at radius 1 is 1.06 bits per heavy atom. The van der Waals surface area contributed by atoms with E-state index >= 15 is 0 Å². The number of hydrogen-bond acceptors (Lipinski definition) is 4. The molecule has 1 fully saturated rings. The molecule has 0 aliphatic carbocycles. The topological polar surface area (TPSA) is 125 Å². The number of carbonyl (C=O) groups is 2. The molecular weight excluding hydrogens is 440 g/mol. The fraction of sp³-hybridized carbons (Fsp3) is 0.238. The minimum atomic E-state index is -3.78. The number of hydrogen-bond donors (Lipinski definition) is 3. The van der Waals surface area contributed by atoms with Crippen LogP contribution >= 0.6 is 11.6 Å². The second kappa shape index (κ2) is 8.33. The number of nitrogens with zero attached hydrogens (tertiary/aromatic N) is 1. The zero-order valence-corrected chi connectivity index (χ0v) is 18.0. The zero-order valence-electron chi connectivity index (χ0n) is 16.5. The van der Waals surface area contributed by atoms with Gasteiger partial charge in [0.25, 0.3) is 5.91 Å². The molecule has 1 saturated heterocycles. The van der Waals surface area contributed by atoms with Crippen LogP contribution < -0.4 is 10.5 Å². The first-order chi connectivity index (χ1) is 14.7. The Balaban J connectivity index is 1.35. The number of nitrogens with two attached hydrogens (primary N) is 1. The van der Waals surface area contributed by atoms with Crippen LogP contribution in [-0.2, 0) is 14.8 Å². The number of halogens is 1. The number of anilines is 1. The molecule has 0 spiro atoms. The number of nitrogens with one attached hydrogen (secondary N) is 2. The molecule has 1 aliphatic rings. The maximum atomic E-state index is 12.8. The summed E-state index contributed by atoms with van der Waals surface area (Å²) >= 11 is 6.01. The van der Waals surface area contributed by atoms with E-state index in [1.165, 1.54) is 24.3 Å². The van der Waals surface area contributed by atoms with E-state index in [0.29, 0.717) is 42.3 Å². The van der Waals surface area contributed by atoms with Crippen molar-refractivity contribution in [3.8, 4) is 0 Å². The fourth-order valence-corrected chi connectivity index (χ4v) is 4.40. The van der Waals surface area contributed by atoms with Crippen LogP contribution in [0.25, 0.3) is 10.9 Å². The number of H-pyrrole nitrogens is 1.